The van der Waals surface area contributed by atoms with Gasteiger partial charge in [-0.2, -0.15) is 0 Å². The highest BCUT2D eigenvalue weighted by atomic mass is 32.2. The summed E-state index contributed by atoms with van der Waals surface area (Å²) in [5.41, 5.74) is 3.08. The van der Waals surface area contributed by atoms with Crippen LogP contribution >= 0.6 is 23.1 Å². The van der Waals surface area contributed by atoms with Crippen molar-refractivity contribution in [3.8, 4) is 0 Å². The number of aryl methyl sites for hydroxylation is 1. The quantitative estimate of drug-likeness (QED) is 0.611. The van der Waals surface area contributed by atoms with Crippen LogP contribution in [0.4, 0.5) is 0 Å². The molecule has 0 atom stereocenters. The zero-order valence-electron chi connectivity index (χ0n) is 13.5. The highest BCUT2D eigenvalue weighted by Crippen LogP contribution is 2.28. The summed E-state index contributed by atoms with van der Waals surface area (Å²) in [5.74, 6) is 0.868. The molecule has 0 aliphatic rings. The molecule has 2 aromatic carbocycles. The van der Waals surface area contributed by atoms with Gasteiger partial charge < -0.3 is 5.32 Å². The SMILES string of the molecule is Cc1ccccc1CNC(=O)c1ccccc1SCc1cccs1. The minimum Gasteiger partial charge on any atom is -0.348 e. The van der Waals surface area contributed by atoms with Crippen LogP contribution in [0.25, 0.3) is 0 Å². The van der Waals surface area contributed by atoms with Crippen LogP contribution in [0, 0.1) is 6.92 Å². The first-order chi connectivity index (χ1) is 11.7. The molecule has 0 aliphatic heterocycles. The molecule has 3 rings (SSSR count). The summed E-state index contributed by atoms with van der Waals surface area (Å²) in [4.78, 5) is 14.9. The zero-order valence-corrected chi connectivity index (χ0v) is 15.1. The van der Waals surface area contributed by atoms with Crippen LogP contribution in [0.2, 0.25) is 0 Å². The van der Waals surface area contributed by atoms with Crippen LogP contribution in [-0.4, -0.2) is 5.91 Å². The molecular formula is C20H19NOS2. The van der Waals surface area contributed by atoms with E-state index < -0.39 is 0 Å². The van der Waals surface area contributed by atoms with Gasteiger partial charge in [0.15, 0.2) is 0 Å². The van der Waals surface area contributed by atoms with Crippen molar-refractivity contribution in [2.45, 2.75) is 24.1 Å². The maximum absolute atomic E-state index is 12.6. The lowest BCUT2D eigenvalue weighted by Gasteiger charge is -2.11. The Kier molecular flexibility index (Phi) is 5.72. The van der Waals surface area contributed by atoms with Gasteiger partial charge in [0.1, 0.15) is 0 Å². The summed E-state index contributed by atoms with van der Waals surface area (Å²) in [6, 6.07) is 20.1. The smallest absolute Gasteiger partial charge is 0.252 e. The number of carbonyl (C=O) groups is 1. The Hall–Kier alpha value is -2.04. The number of benzene rings is 2. The molecular weight excluding hydrogens is 334 g/mol. The molecule has 3 aromatic rings. The van der Waals surface area contributed by atoms with Crippen molar-refractivity contribution < 1.29 is 4.79 Å². The molecule has 1 N–H and O–H groups in total. The summed E-state index contributed by atoms with van der Waals surface area (Å²) < 4.78 is 0. The molecule has 24 heavy (non-hydrogen) atoms. The lowest BCUT2D eigenvalue weighted by atomic mass is 10.1. The molecule has 1 aromatic heterocycles. The third-order valence-electron chi connectivity index (χ3n) is 3.78. The van der Waals surface area contributed by atoms with Crippen molar-refractivity contribution in [1.82, 2.24) is 5.32 Å². The second-order valence-corrected chi connectivity index (χ2v) is 7.52. The number of hydrogen-bond acceptors (Lipinski definition) is 3. The van der Waals surface area contributed by atoms with E-state index in [0.717, 1.165) is 21.8 Å². The number of rotatable bonds is 6. The summed E-state index contributed by atoms with van der Waals surface area (Å²) in [5, 5.41) is 5.12. The molecule has 4 heteroatoms. The van der Waals surface area contributed by atoms with E-state index in [2.05, 4.69) is 35.8 Å². The van der Waals surface area contributed by atoms with E-state index in [0.29, 0.717) is 6.54 Å². The van der Waals surface area contributed by atoms with E-state index in [1.807, 2.05) is 42.5 Å². The maximum atomic E-state index is 12.6. The van der Waals surface area contributed by atoms with Gasteiger partial charge in [0.2, 0.25) is 0 Å². The van der Waals surface area contributed by atoms with E-state index in [1.165, 1.54) is 10.4 Å². The molecule has 1 amide bonds. The maximum Gasteiger partial charge on any atom is 0.252 e. The molecule has 0 unspecified atom stereocenters. The Morgan fingerprint density at radius 1 is 1.04 bits per heavy atom. The first-order valence-electron chi connectivity index (χ1n) is 7.81. The summed E-state index contributed by atoms with van der Waals surface area (Å²) in [7, 11) is 0. The monoisotopic (exact) mass is 353 g/mol. The van der Waals surface area contributed by atoms with Crippen molar-refractivity contribution in [3.05, 3.63) is 87.6 Å². The van der Waals surface area contributed by atoms with Crippen LogP contribution < -0.4 is 5.32 Å². The summed E-state index contributed by atoms with van der Waals surface area (Å²) in [6.45, 7) is 2.61. The third-order valence-corrected chi connectivity index (χ3v) is 5.96. The van der Waals surface area contributed by atoms with Crippen LogP contribution in [-0.2, 0) is 12.3 Å². The molecule has 2 nitrogen and oxygen atoms in total. The van der Waals surface area contributed by atoms with Crippen LogP contribution in [0.1, 0.15) is 26.4 Å². The van der Waals surface area contributed by atoms with Gasteiger partial charge in [0.25, 0.3) is 5.91 Å². The molecule has 122 valence electrons. The van der Waals surface area contributed by atoms with Gasteiger partial charge in [-0.3, -0.25) is 4.79 Å². The second-order valence-electron chi connectivity index (χ2n) is 5.47. The van der Waals surface area contributed by atoms with Crippen molar-refractivity contribution in [2.75, 3.05) is 0 Å². The predicted molar refractivity (Wildman–Crippen MR) is 103 cm³/mol. The lowest BCUT2D eigenvalue weighted by Crippen LogP contribution is -2.23. The topological polar surface area (TPSA) is 29.1 Å². The van der Waals surface area contributed by atoms with E-state index >= 15 is 0 Å². The Bertz CT molecular complexity index is 812. The number of carbonyl (C=O) groups excluding carboxylic acids is 1. The van der Waals surface area contributed by atoms with Gasteiger partial charge in [0, 0.05) is 22.1 Å². The van der Waals surface area contributed by atoms with E-state index in [4.69, 9.17) is 0 Å². The first kappa shape index (κ1) is 16.8. The zero-order chi connectivity index (χ0) is 16.8. The van der Waals surface area contributed by atoms with Crippen LogP contribution in [0.3, 0.4) is 0 Å². The largest absolute Gasteiger partial charge is 0.348 e. The molecule has 0 saturated carbocycles. The fourth-order valence-electron chi connectivity index (χ4n) is 2.40. The van der Waals surface area contributed by atoms with Crippen LogP contribution in [0.15, 0.2) is 70.9 Å². The van der Waals surface area contributed by atoms with Gasteiger partial charge >= 0.3 is 0 Å². The van der Waals surface area contributed by atoms with Crippen molar-refractivity contribution in [1.29, 1.82) is 0 Å². The average molecular weight is 354 g/mol. The standard InChI is InChI=1S/C20H19NOS2/c1-15-7-2-3-8-16(15)13-21-20(22)18-10-4-5-11-19(18)24-14-17-9-6-12-23-17/h2-12H,13-14H2,1H3,(H,21,22). The highest BCUT2D eigenvalue weighted by molar-refractivity contribution is 7.98. The fraction of sp³-hybridized carbons (Fsp3) is 0.150. The Balaban J connectivity index is 1.67. The van der Waals surface area contributed by atoms with Crippen LogP contribution in [0.5, 0.6) is 0 Å². The number of amides is 1. The highest BCUT2D eigenvalue weighted by Gasteiger charge is 2.11. The minimum absolute atomic E-state index is 0.0208. The third kappa shape index (κ3) is 4.28. The number of nitrogens with one attached hydrogen (secondary N) is 1. The predicted octanol–water partition coefficient (Wildman–Crippen LogP) is 5.28. The Morgan fingerprint density at radius 3 is 2.62 bits per heavy atom. The molecule has 0 aliphatic carbocycles. The normalized spacial score (nSPS) is 10.5. The average Bonchev–Trinajstić information content (AvgIpc) is 3.13. The molecule has 0 radical (unpaired) electrons. The minimum atomic E-state index is -0.0208. The summed E-state index contributed by atoms with van der Waals surface area (Å²) >= 11 is 3.45. The van der Waals surface area contributed by atoms with Gasteiger partial charge in [-0.25, -0.2) is 0 Å². The molecule has 0 spiro atoms. The fourth-order valence-corrected chi connectivity index (χ4v) is 4.23. The van der Waals surface area contributed by atoms with Crippen molar-refractivity contribution >= 4 is 29.0 Å². The van der Waals surface area contributed by atoms with E-state index in [9.17, 15) is 4.79 Å². The summed E-state index contributed by atoms with van der Waals surface area (Å²) in [6.07, 6.45) is 0. The van der Waals surface area contributed by atoms with Gasteiger partial charge in [0.05, 0.1) is 5.56 Å². The number of thioether (sulfide) groups is 1. The molecule has 1 heterocycles. The van der Waals surface area contributed by atoms with Gasteiger partial charge in [-0.1, -0.05) is 42.5 Å². The first-order valence-corrected chi connectivity index (χ1v) is 9.67. The van der Waals surface area contributed by atoms with E-state index in [1.54, 1.807) is 23.1 Å². The lowest BCUT2D eigenvalue weighted by molar-refractivity contribution is 0.0948. The Morgan fingerprint density at radius 2 is 1.83 bits per heavy atom. The Labute approximate surface area is 150 Å². The number of thiophene rings is 1. The van der Waals surface area contributed by atoms with Gasteiger partial charge in [-0.05, 0) is 41.6 Å². The van der Waals surface area contributed by atoms with Crippen molar-refractivity contribution in [2.24, 2.45) is 0 Å². The van der Waals surface area contributed by atoms with Crippen molar-refractivity contribution in [3.63, 3.8) is 0 Å². The second kappa shape index (κ2) is 8.18. The molecule has 0 bridgehead atoms. The molecule has 0 fully saturated rings. The van der Waals surface area contributed by atoms with Gasteiger partial charge in [-0.15, -0.1) is 23.1 Å². The van der Waals surface area contributed by atoms with E-state index in [-0.39, 0.29) is 5.91 Å². The molecule has 0 saturated heterocycles. The number of hydrogen-bond donors (Lipinski definition) is 1.